The quantitative estimate of drug-likeness (QED) is 0.465. The third-order valence-corrected chi connectivity index (χ3v) is 4.01. The number of halogens is 3. The Morgan fingerprint density at radius 3 is 2.52 bits per heavy atom. The lowest BCUT2D eigenvalue weighted by atomic mass is 10.2. The van der Waals surface area contributed by atoms with Crippen LogP contribution in [-0.4, -0.2) is 62.8 Å². The fourth-order valence-electron chi connectivity index (χ4n) is 2.53. The van der Waals surface area contributed by atoms with Gasteiger partial charge in [0.1, 0.15) is 0 Å². The molecular formula is C17H23F3N4O3. The zero-order chi connectivity index (χ0) is 19.6. The van der Waals surface area contributed by atoms with Crippen LogP contribution in [0.1, 0.15) is 12.8 Å². The van der Waals surface area contributed by atoms with Crippen molar-refractivity contribution < 1.29 is 27.5 Å². The number of hydrogen-bond acceptors (Lipinski definition) is 4. The van der Waals surface area contributed by atoms with E-state index in [2.05, 4.69) is 20.9 Å². The van der Waals surface area contributed by atoms with Crippen LogP contribution in [-0.2, 0) is 9.53 Å². The first-order chi connectivity index (χ1) is 13.0. The van der Waals surface area contributed by atoms with Crippen LogP contribution in [0.15, 0.2) is 12.1 Å². The van der Waals surface area contributed by atoms with E-state index in [0.717, 1.165) is 51.8 Å². The summed E-state index contributed by atoms with van der Waals surface area (Å²) in [4.78, 5) is 25.6. The van der Waals surface area contributed by atoms with Gasteiger partial charge in [-0.1, -0.05) is 0 Å². The number of hydrogen-bond donors (Lipinski definition) is 3. The molecule has 1 fully saturated rings. The van der Waals surface area contributed by atoms with Gasteiger partial charge in [-0.25, -0.2) is 18.0 Å². The molecule has 1 saturated heterocycles. The van der Waals surface area contributed by atoms with E-state index >= 15 is 0 Å². The first-order valence-corrected chi connectivity index (χ1v) is 8.72. The van der Waals surface area contributed by atoms with Crippen LogP contribution in [0.25, 0.3) is 0 Å². The minimum Gasteiger partial charge on any atom is -0.379 e. The molecule has 27 heavy (non-hydrogen) atoms. The van der Waals surface area contributed by atoms with E-state index in [0.29, 0.717) is 12.6 Å². The predicted octanol–water partition coefficient (Wildman–Crippen LogP) is 1.45. The van der Waals surface area contributed by atoms with Crippen molar-refractivity contribution in [3.8, 4) is 0 Å². The molecule has 3 amide bonds. The minimum absolute atomic E-state index is 0.432. The minimum atomic E-state index is -1.67. The summed E-state index contributed by atoms with van der Waals surface area (Å²) in [5, 5.41) is 6.99. The predicted molar refractivity (Wildman–Crippen MR) is 92.8 cm³/mol. The molecule has 0 atom stereocenters. The molecule has 3 N–H and O–H groups in total. The maximum Gasteiger partial charge on any atom is 0.315 e. The van der Waals surface area contributed by atoms with Crippen LogP contribution in [0, 0.1) is 17.5 Å². The van der Waals surface area contributed by atoms with Gasteiger partial charge in [-0.15, -0.1) is 0 Å². The second kappa shape index (κ2) is 10.7. The molecular weight excluding hydrogens is 365 g/mol. The highest BCUT2D eigenvalue weighted by Gasteiger charge is 2.15. The SMILES string of the molecule is O=C(CNC(=O)NCCCCN1CCOCC1)Nc1ccc(F)c(F)c1F. The monoisotopic (exact) mass is 388 g/mol. The first-order valence-electron chi connectivity index (χ1n) is 8.72. The van der Waals surface area contributed by atoms with Gasteiger partial charge in [-0.3, -0.25) is 9.69 Å². The summed E-state index contributed by atoms with van der Waals surface area (Å²) in [7, 11) is 0. The number of nitrogens with one attached hydrogen (secondary N) is 3. The number of morpholine rings is 1. The summed E-state index contributed by atoms with van der Waals surface area (Å²) in [6.07, 6.45) is 1.72. The lowest BCUT2D eigenvalue weighted by molar-refractivity contribution is -0.115. The third kappa shape index (κ3) is 7.06. The van der Waals surface area contributed by atoms with Crippen molar-refractivity contribution in [1.29, 1.82) is 0 Å². The molecule has 1 heterocycles. The molecule has 150 valence electrons. The molecule has 0 aromatic heterocycles. The first kappa shape index (κ1) is 21.0. The number of benzene rings is 1. The number of nitrogens with zero attached hydrogens (tertiary/aromatic N) is 1. The Kier molecular flexibility index (Phi) is 8.34. The Morgan fingerprint density at radius 1 is 1.04 bits per heavy atom. The molecule has 0 radical (unpaired) electrons. The summed E-state index contributed by atoms with van der Waals surface area (Å²) >= 11 is 0. The van der Waals surface area contributed by atoms with Crippen molar-refractivity contribution in [2.24, 2.45) is 0 Å². The van der Waals surface area contributed by atoms with Crippen LogP contribution >= 0.6 is 0 Å². The molecule has 1 aliphatic heterocycles. The zero-order valence-electron chi connectivity index (χ0n) is 14.8. The van der Waals surface area contributed by atoms with Crippen LogP contribution in [0.2, 0.25) is 0 Å². The molecule has 10 heteroatoms. The Morgan fingerprint density at radius 2 is 1.78 bits per heavy atom. The Balaban J connectivity index is 1.58. The largest absolute Gasteiger partial charge is 0.379 e. The number of carbonyl (C=O) groups excluding carboxylic acids is 2. The number of carbonyl (C=O) groups is 2. The normalized spacial score (nSPS) is 14.6. The summed E-state index contributed by atoms with van der Waals surface area (Å²) in [6.45, 7) is 4.29. The lowest BCUT2D eigenvalue weighted by Crippen LogP contribution is -2.40. The van der Waals surface area contributed by atoms with Gasteiger partial charge in [-0.05, 0) is 31.5 Å². The van der Waals surface area contributed by atoms with E-state index in [1.54, 1.807) is 0 Å². The summed E-state index contributed by atoms with van der Waals surface area (Å²) in [5.74, 6) is -5.28. The van der Waals surface area contributed by atoms with Crippen LogP contribution in [0.4, 0.5) is 23.7 Å². The molecule has 0 saturated carbocycles. The Bertz CT molecular complexity index is 655. The molecule has 0 aliphatic carbocycles. The lowest BCUT2D eigenvalue weighted by Gasteiger charge is -2.26. The zero-order valence-corrected chi connectivity index (χ0v) is 14.8. The standard InChI is InChI=1S/C17H23F3N4O3/c18-12-3-4-13(16(20)15(12)19)23-14(25)11-22-17(26)21-5-1-2-6-24-7-9-27-10-8-24/h3-4H,1-2,5-11H2,(H,23,25)(H2,21,22,26). The summed E-state index contributed by atoms with van der Waals surface area (Å²) in [5.41, 5.74) is -0.496. The number of anilines is 1. The van der Waals surface area contributed by atoms with Crippen molar-refractivity contribution in [2.75, 3.05) is 51.3 Å². The Hall–Kier alpha value is -2.33. The summed E-state index contributed by atoms with van der Waals surface area (Å²) < 4.78 is 44.6. The average Bonchev–Trinajstić information content (AvgIpc) is 2.67. The molecule has 1 aliphatic rings. The molecule has 0 unspecified atom stereocenters. The van der Waals surface area contributed by atoms with E-state index in [1.165, 1.54) is 0 Å². The topological polar surface area (TPSA) is 82.7 Å². The second-order valence-corrected chi connectivity index (χ2v) is 6.04. The van der Waals surface area contributed by atoms with Crippen molar-refractivity contribution >= 4 is 17.6 Å². The number of amides is 3. The van der Waals surface area contributed by atoms with Crippen molar-refractivity contribution in [3.05, 3.63) is 29.6 Å². The van der Waals surface area contributed by atoms with E-state index < -0.39 is 41.6 Å². The van der Waals surface area contributed by atoms with Crippen molar-refractivity contribution in [3.63, 3.8) is 0 Å². The van der Waals surface area contributed by atoms with E-state index in [-0.39, 0.29) is 0 Å². The van der Waals surface area contributed by atoms with Crippen molar-refractivity contribution in [2.45, 2.75) is 12.8 Å². The smallest absolute Gasteiger partial charge is 0.315 e. The molecule has 0 bridgehead atoms. The van der Waals surface area contributed by atoms with Gasteiger partial charge in [-0.2, -0.15) is 0 Å². The fourth-order valence-corrected chi connectivity index (χ4v) is 2.53. The van der Waals surface area contributed by atoms with Crippen LogP contribution in [0.5, 0.6) is 0 Å². The van der Waals surface area contributed by atoms with Crippen LogP contribution in [0.3, 0.4) is 0 Å². The molecule has 7 nitrogen and oxygen atoms in total. The number of urea groups is 1. The average molecular weight is 388 g/mol. The van der Waals surface area contributed by atoms with E-state index in [4.69, 9.17) is 4.74 Å². The second-order valence-electron chi connectivity index (χ2n) is 6.04. The molecule has 0 spiro atoms. The number of unbranched alkanes of at least 4 members (excludes halogenated alkanes) is 1. The van der Waals surface area contributed by atoms with Gasteiger partial charge in [0.05, 0.1) is 25.4 Å². The molecule has 1 aromatic rings. The van der Waals surface area contributed by atoms with Gasteiger partial charge in [0, 0.05) is 19.6 Å². The number of rotatable bonds is 8. The summed E-state index contributed by atoms with van der Waals surface area (Å²) in [6, 6.07) is 1.06. The van der Waals surface area contributed by atoms with E-state index in [1.807, 2.05) is 0 Å². The molecule has 2 rings (SSSR count). The maximum absolute atomic E-state index is 13.5. The highest BCUT2D eigenvalue weighted by atomic mass is 19.2. The Labute approximate surface area is 155 Å². The van der Waals surface area contributed by atoms with Crippen LogP contribution < -0.4 is 16.0 Å². The molecule has 1 aromatic carbocycles. The highest BCUT2D eigenvalue weighted by Crippen LogP contribution is 2.19. The maximum atomic E-state index is 13.5. The van der Waals surface area contributed by atoms with Gasteiger partial charge >= 0.3 is 6.03 Å². The van der Waals surface area contributed by atoms with E-state index in [9.17, 15) is 22.8 Å². The van der Waals surface area contributed by atoms with Gasteiger partial charge in [0.2, 0.25) is 5.91 Å². The van der Waals surface area contributed by atoms with Gasteiger partial charge < -0.3 is 20.7 Å². The van der Waals surface area contributed by atoms with Gasteiger partial charge in [0.25, 0.3) is 0 Å². The number of ether oxygens (including phenoxy) is 1. The fraction of sp³-hybridized carbons (Fsp3) is 0.529. The van der Waals surface area contributed by atoms with Gasteiger partial charge in [0.15, 0.2) is 17.5 Å². The van der Waals surface area contributed by atoms with Crippen molar-refractivity contribution in [1.82, 2.24) is 15.5 Å². The highest BCUT2D eigenvalue weighted by molar-refractivity contribution is 5.94. The third-order valence-electron chi connectivity index (χ3n) is 4.01.